The summed E-state index contributed by atoms with van der Waals surface area (Å²) in [5.41, 5.74) is 1.60. The number of benzene rings is 1. The van der Waals surface area contributed by atoms with E-state index in [9.17, 15) is 0 Å². The normalized spacial score (nSPS) is 10.6. The lowest BCUT2D eigenvalue weighted by Crippen LogP contribution is -1.96. The van der Waals surface area contributed by atoms with Gasteiger partial charge in [-0.05, 0) is 36.4 Å². The number of hydrogen-bond acceptors (Lipinski definition) is 4. The summed E-state index contributed by atoms with van der Waals surface area (Å²) in [6, 6.07) is 10.9. The second-order valence-electron chi connectivity index (χ2n) is 3.86. The highest BCUT2D eigenvalue weighted by Crippen LogP contribution is 2.29. The standard InChI is InChI=1S/C13H8Cl2N4/c14-9-3-4-10(13-8(9)2-1-7-16-13)17-12-6-5-11(15)18-19-12/h1-7H,(H,17,19). The molecule has 0 radical (unpaired) electrons. The maximum atomic E-state index is 6.14. The number of nitrogens with one attached hydrogen (secondary N) is 1. The second kappa shape index (κ2) is 4.99. The third kappa shape index (κ3) is 2.45. The molecule has 0 unspecified atom stereocenters. The summed E-state index contributed by atoms with van der Waals surface area (Å²) in [5, 5.41) is 12.8. The fraction of sp³-hybridized carbons (Fsp3) is 0. The van der Waals surface area contributed by atoms with Crippen molar-refractivity contribution in [3.05, 3.63) is 52.8 Å². The molecule has 94 valence electrons. The van der Waals surface area contributed by atoms with Gasteiger partial charge in [-0.2, -0.15) is 0 Å². The Hall–Kier alpha value is -1.91. The number of anilines is 2. The lowest BCUT2D eigenvalue weighted by atomic mass is 10.2. The van der Waals surface area contributed by atoms with Gasteiger partial charge in [0.15, 0.2) is 11.0 Å². The Balaban J connectivity index is 2.06. The Morgan fingerprint density at radius 1 is 0.947 bits per heavy atom. The molecule has 2 heterocycles. The molecule has 0 fully saturated rings. The van der Waals surface area contributed by atoms with Crippen molar-refractivity contribution in [2.24, 2.45) is 0 Å². The van der Waals surface area contributed by atoms with Gasteiger partial charge in [-0.25, -0.2) is 0 Å². The first-order valence-corrected chi connectivity index (χ1v) is 6.29. The zero-order valence-corrected chi connectivity index (χ0v) is 11.2. The number of nitrogens with zero attached hydrogens (tertiary/aromatic N) is 3. The van der Waals surface area contributed by atoms with Crippen molar-refractivity contribution in [1.82, 2.24) is 15.2 Å². The summed E-state index contributed by atoms with van der Waals surface area (Å²) in [4.78, 5) is 4.33. The molecule has 0 saturated carbocycles. The highest BCUT2D eigenvalue weighted by molar-refractivity contribution is 6.35. The maximum absolute atomic E-state index is 6.14. The maximum Gasteiger partial charge on any atom is 0.153 e. The summed E-state index contributed by atoms with van der Waals surface area (Å²) in [5.74, 6) is 0.596. The zero-order valence-electron chi connectivity index (χ0n) is 9.64. The van der Waals surface area contributed by atoms with Crippen LogP contribution in [0.3, 0.4) is 0 Å². The van der Waals surface area contributed by atoms with Crippen molar-refractivity contribution in [3.8, 4) is 0 Å². The van der Waals surface area contributed by atoms with Crippen LogP contribution in [0, 0.1) is 0 Å². The van der Waals surface area contributed by atoms with Gasteiger partial charge in [0.05, 0.1) is 16.2 Å². The molecule has 0 aliphatic carbocycles. The Kier molecular flexibility index (Phi) is 3.19. The number of rotatable bonds is 2. The Bertz CT molecular complexity index is 728. The number of halogens is 2. The molecule has 2 aromatic heterocycles. The van der Waals surface area contributed by atoms with Crippen molar-refractivity contribution < 1.29 is 0 Å². The Labute approximate surface area is 119 Å². The van der Waals surface area contributed by atoms with Crippen molar-refractivity contribution in [3.63, 3.8) is 0 Å². The van der Waals surface area contributed by atoms with Crippen LogP contribution in [0.5, 0.6) is 0 Å². The van der Waals surface area contributed by atoms with Gasteiger partial charge in [-0.3, -0.25) is 4.98 Å². The van der Waals surface area contributed by atoms with Crippen LogP contribution in [-0.2, 0) is 0 Å². The summed E-state index contributed by atoms with van der Waals surface area (Å²) >= 11 is 11.8. The molecule has 4 nitrogen and oxygen atoms in total. The Morgan fingerprint density at radius 3 is 2.63 bits per heavy atom. The molecule has 0 aliphatic heterocycles. The molecule has 0 atom stereocenters. The third-order valence-corrected chi connectivity index (χ3v) is 3.14. The number of aromatic nitrogens is 3. The highest BCUT2D eigenvalue weighted by Gasteiger charge is 2.06. The first-order chi connectivity index (χ1) is 9.24. The van der Waals surface area contributed by atoms with E-state index in [2.05, 4.69) is 20.5 Å². The summed E-state index contributed by atoms with van der Waals surface area (Å²) in [6.45, 7) is 0. The van der Waals surface area contributed by atoms with Gasteiger partial charge in [0.2, 0.25) is 0 Å². The van der Waals surface area contributed by atoms with E-state index in [1.165, 1.54) is 0 Å². The van der Waals surface area contributed by atoms with Crippen LogP contribution in [0.2, 0.25) is 10.2 Å². The largest absolute Gasteiger partial charge is 0.337 e. The summed E-state index contributed by atoms with van der Waals surface area (Å²) < 4.78 is 0. The lowest BCUT2D eigenvalue weighted by molar-refractivity contribution is 1.04. The van der Waals surface area contributed by atoms with E-state index in [0.717, 1.165) is 16.6 Å². The third-order valence-electron chi connectivity index (χ3n) is 2.61. The monoisotopic (exact) mass is 290 g/mol. The van der Waals surface area contributed by atoms with Crippen molar-refractivity contribution in [1.29, 1.82) is 0 Å². The molecule has 0 bridgehead atoms. The number of hydrogen-bond donors (Lipinski definition) is 1. The molecule has 1 N–H and O–H groups in total. The van der Waals surface area contributed by atoms with E-state index in [1.807, 2.05) is 24.3 Å². The Morgan fingerprint density at radius 2 is 1.84 bits per heavy atom. The van der Waals surface area contributed by atoms with Gasteiger partial charge < -0.3 is 5.32 Å². The molecule has 0 spiro atoms. The first-order valence-electron chi connectivity index (χ1n) is 5.53. The van der Waals surface area contributed by atoms with Gasteiger partial charge in [0.1, 0.15) is 0 Å². The van der Waals surface area contributed by atoms with Crippen molar-refractivity contribution in [2.45, 2.75) is 0 Å². The fourth-order valence-electron chi connectivity index (χ4n) is 1.76. The molecule has 0 aliphatic rings. The molecule has 3 rings (SSSR count). The second-order valence-corrected chi connectivity index (χ2v) is 4.66. The van der Waals surface area contributed by atoms with Crippen LogP contribution < -0.4 is 5.32 Å². The van der Waals surface area contributed by atoms with E-state index < -0.39 is 0 Å². The predicted molar refractivity (Wildman–Crippen MR) is 77.1 cm³/mol. The lowest BCUT2D eigenvalue weighted by Gasteiger charge is -2.08. The van der Waals surface area contributed by atoms with E-state index in [0.29, 0.717) is 16.0 Å². The van der Waals surface area contributed by atoms with Crippen molar-refractivity contribution in [2.75, 3.05) is 5.32 Å². The quantitative estimate of drug-likeness (QED) is 0.773. The van der Waals surface area contributed by atoms with Crippen LogP contribution in [0.25, 0.3) is 10.9 Å². The van der Waals surface area contributed by atoms with Crippen LogP contribution in [0.15, 0.2) is 42.6 Å². The molecular weight excluding hydrogens is 283 g/mol. The molecule has 0 saturated heterocycles. The molecule has 6 heteroatoms. The minimum Gasteiger partial charge on any atom is -0.337 e. The van der Waals surface area contributed by atoms with E-state index >= 15 is 0 Å². The van der Waals surface area contributed by atoms with Gasteiger partial charge in [-0.15, -0.1) is 10.2 Å². The molecule has 1 aromatic carbocycles. The minimum absolute atomic E-state index is 0.352. The molecule has 19 heavy (non-hydrogen) atoms. The molecule has 0 amide bonds. The highest BCUT2D eigenvalue weighted by atomic mass is 35.5. The molecular formula is C13H8Cl2N4. The van der Waals surface area contributed by atoms with Crippen LogP contribution in [0.4, 0.5) is 11.5 Å². The first kappa shape index (κ1) is 12.1. The number of pyridine rings is 1. The fourth-order valence-corrected chi connectivity index (χ4v) is 2.08. The average molecular weight is 291 g/mol. The summed E-state index contributed by atoms with van der Waals surface area (Å²) in [6.07, 6.45) is 1.72. The van der Waals surface area contributed by atoms with Gasteiger partial charge in [0, 0.05) is 11.6 Å². The van der Waals surface area contributed by atoms with E-state index in [-0.39, 0.29) is 0 Å². The van der Waals surface area contributed by atoms with Gasteiger partial charge in [-0.1, -0.05) is 23.2 Å². The average Bonchev–Trinajstić information content (AvgIpc) is 2.45. The van der Waals surface area contributed by atoms with E-state index in [4.69, 9.17) is 23.2 Å². The predicted octanol–water partition coefficient (Wildman–Crippen LogP) is 4.08. The van der Waals surface area contributed by atoms with Crippen LogP contribution in [-0.4, -0.2) is 15.2 Å². The SMILES string of the molecule is Clc1ccc(Nc2ccc(Cl)c3cccnc23)nn1. The van der Waals surface area contributed by atoms with Crippen LogP contribution in [0.1, 0.15) is 0 Å². The van der Waals surface area contributed by atoms with Crippen LogP contribution >= 0.6 is 23.2 Å². The zero-order chi connectivity index (χ0) is 13.2. The van der Waals surface area contributed by atoms with Gasteiger partial charge >= 0.3 is 0 Å². The molecule has 3 aromatic rings. The minimum atomic E-state index is 0.352. The number of fused-ring (bicyclic) bond motifs is 1. The summed E-state index contributed by atoms with van der Waals surface area (Å²) in [7, 11) is 0. The van der Waals surface area contributed by atoms with E-state index in [1.54, 1.807) is 18.3 Å². The van der Waals surface area contributed by atoms with Crippen molar-refractivity contribution >= 4 is 45.6 Å². The topological polar surface area (TPSA) is 50.7 Å². The smallest absolute Gasteiger partial charge is 0.153 e. The van der Waals surface area contributed by atoms with Gasteiger partial charge in [0.25, 0.3) is 0 Å².